The van der Waals surface area contributed by atoms with Crippen molar-refractivity contribution in [2.24, 2.45) is 0 Å². The van der Waals surface area contributed by atoms with Crippen molar-refractivity contribution in [2.75, 3.05) is 14.1 Å². The predicted molar refractivity (Wildman–Crippen MR) is 97.6 cm³/mol. The van der Waals surface area contributed by atoms with Gasteiger partial charge in [-0.3, -0.25) is 4.79 Å². The minimum Gasteiger partial charge on any atom is -0.349 e. The molecule has 4 heteroatoms. The number of halogens is 1. The molecule has 3 rings (SSSR count). The van der Waals surface area contributed by atoms with Gasteiger partial charge in [0.05, 0.1) is 6.42 Å². The Kier molecular flexibility index (Phi) is 4.53. The summed E-state index contributed by atoms with van der Waals surface area (Å²) in [5, 5.41) is 1.13. The predicted octanol–water partition coefficient (Wildman–Crippen LogP) is 4.08. The number of rotatable bonds is 4. The molecule has 0 saturated carbocycles. The minimum atomic E-state index is 0.115. The fourth-order valence-electron chi connectivity index (χ4n) is 2.72. The van der Waals surface area contributed by atoms with Gasteiger partial charge in [-0.1, -0.05) is 46.3 Å². The van der Waals surface area contributed by atoms with Crippen molar-refractivity contribution >= 4 is 32.7 Å². The maximum absolute atomic E-state index is 12.1. The van der Waals surface area contributed by atoms with E-state index in [1.165, 1.54) is 5.56 Å². The quantitative estimate of drug-likeness (QED) is 0.678. The molecule has 1 amide bonds. The van der Waals surface area contributed by atoms with E-state index in [0.29, 0.717) is 6.42 Å². The molecule has 0 saturated heterocycles. The van der Waals surface area contributed by atoms with Crippen LogP contribution in [0.25, 0.3) is 10.9 Å². The molecule has 2 aromatic carbocycles. The summed E-state index contributed by atoms with van der Waals surface area (Å²) >= 11 is 3.53. The highest BCUT2D eigenvalue weighted by Gasteiger charge is 2.13. The normalized spacial score (nSPS) is 10.9. The molecule has 0 atom stereocenters. The van der Waals surface area contributed by atoms with Crippen LogP contribution in [-0.2, 0) is 17.8 Å². The molecule has 0 radical (unpaired) electrons. The molecule has 0 aliphatic rings. The topological polar surface area (TPSA) is 25.2 Å². The van der Waals surface area contributed by atoms with Gasteiger partial charge in [0, 0.05) is 42.2 Å². The molecule has 0 bridgehead atoms. The van der Waals surface area contributed by atoms with Crippen LogP contribution in [0, 0.1) is 0 Å². The summed E-state index contributed by atoms with van der Waals surface area (Å²) in [5.41, 5.74) is 3.47. The van der Waals surface area contributed by atoms with Crippen molar-refractivity contribution in [2.45, 2.75) is 13.0 Å². The number of hydrogen-bond donors (Lipinski definition) is 0. The van der Waals surface area contributed by atoms with E-state index in [-0.39, 0.29) is 5.91 Å². The third kappa shape index (κ3) is 3.48. The standard InChI is InChI=1S/C19H19BrN2O/c1-21(2)19(23)10-15-13-22(12-14-6-4-3-5-7-14)18-9-8-16(20)11-17(15)18/h3-9,11,13H,10,12H2,1-2H3. The lowest BCUT2D eigenvalue weighted by Gasteiger charge is -2.09. The van der Waals surface area contributed by atoms with E-state index >= 15 is 0 Å². The van der Waals surface area contributed by atoms with E-state index in [1.54, 1.807) is 19.0 Å². The molecular formula is C19H19BrN2O. The second-order valence-electron chi connectivity index (χ2n) is 5.89. The summed E-state index contributed by atoms with van der Waals surface area (Å²) in [6.45, 7) is 0.801. The van der Waals surface area contributed by atoms with Crippen molar-refractivity contribution < 1.29 is 4.79 Å². The van der Waals surface area contributed by atoms with E-state index in [0.717, 1.165) is 27.5 Å². The van der Waals surface area contributed by atoms with Gasteiger partial charge in [0.1, 0.15) is 0 Å². The summed E-state index contributed by atoms with van der Waals surface area (Å²) in [6, 6.07) is 16.6. The van der Waals surface area contributed by atoms with Crippen LogP contribution in [0.3, 0.4) is 0 Å². The van der Waals surface area contributed by atoms with Crippen LogP contribution in [0.4, 0.5) is 0 Å². The Balaban J connectivity index is 2.03. The smallest absolute Gasteiger partial charge is 0.226 e. The Morgan fingerprint density at radius 2 is 1.87 bits per heavy atom. The first-order valence-corrected chi connectivity index (χ1v) is 8.35. The van der Waals surface area contributed by atoms with Gasteiger partial charge < -0.3 is 9.47 Å². The number of aromatic nitrogens is 1. The second kappa shape index (κ2) is 6.59. The maximum atomic E-state index is 12.1. The molecule has 0 fully saturated rings. The number of nitrogens with zero attached hydrogens (tertiary/aromatic N) is 2. The van der Waals surface area contributed by atoms with E-state index in [9.17, 15) is 4.79 Å². The Hall–Kier alpha value is -2.07. The minimum absolute atomic E-state index is 0.115. The van der Waals surface area contributed by atoms with Crippen molar-refractivity contribution in [3.8, 4) is 0 Å². The summed E-state index contributed by atoms with van der Waals surface area (Å²) in [4.78, 5) is 13.8. The number of likely N-dealkylation sites (N-methyl/N-ethyl adjacent to an activating group) is 1. The zero-order valence-electron chi connectivity index (χ0n) is 13.3. The number of carbonyl (C=O) groups excluding carboxylic acids is 1. The van der Waals surface area contributed by atoms with E-state index in [4.69, 9.17) is 0 Å². The maximum Gasteiger partial charge on any atom is 0.226 e. The molecule has 1 heterocycles. The fourth-order valence-corrected chi connectivity index (χ4v) is 3.08. The summed E-state index contributed by atoms with van der Waals surface area (Å²) in [7, 11) is 3.59. The molecule has 0 N–H and O–H groups in total. The van der Waals surface area contributed by atoms with Gasteiger partial charge in [-0.15, -0.1) is 0 Å². The van der Waals surface area contributed by atoms with E-state index in [2.05, 4.69) is 51.0 Å². The first-order valence-electron chi connectivity index (χ1n) is 7.56. The first-order chi connectivity index (χ1) is 11.0. The van der Waals surface area contributed by atoms with E-state index < -0.39 is 0 Å². The van der Waals surface area contributed by atoms with Crippen LogP contribution < -0.4 is 0 Å². The van der Waals surface area contributed by atoms with Crippen LogP contribution in [-0.4, -0.2) is 29.5 Å². The highest BCUT2D eigenvalue weighted by Crippen LogP contribution is 2.26. The zero-order chi connectivity index (χ0) is 16.4. The van der Waals surface area contributed by atoms with Gasteiger partial charge in [0.15, 0.2) is 0 Å². The van der Waals surface area contributed by atoms with Crippen LogP contribution in [0.5, 0.6) is 0 Å². The van der Waals surface area contributed by atoms with Gasteiger partial charge in [0.25, 0.3) is 0 Å². The fraction of sp³-hybridized carbons (Fsp3) is 0.211. The van der Waals surface area contributed by atoms with Crippen LogP contribution in [0.2, 0.25) is 0 Å². The lowest BCUT2D eigenvalue weighted by Crippen LogP contribution is -2.23. The van der Waals surface area contributed by atoms with Crippen molar-refractivity contribution in [1.29, 1.82) is 0 Å². The molecule has 0 spiro atoms. The largest absolute Gasteiger partial charge is 0.349 e. The summed E-state index contributed by atoms with van der Waals surface area (Å²) in [5.74, 6) is 0.115. The van der Waals surface area contributed by atoms with Crippen LogP contribution >= 0.6 is 15.9 Å². The number of carbonyl (C=O) groups is 1. The van der Waals surface area contributed by atoms with Crippen molar-refractivity contribution in [1.82, 2.24) is 9.47 Å². The summed E-state index contributed by atoms with van der Waals surface area (Å²) < 4.78 is 3.25. The Morgan fingerprint density at radius 3 is 2.57 bits per heavy atom. The third-order valence-electron chi connectivity index (χ3n) is 3.96. The van der Waals surface area contributed by atoms with Crippen molar-refractivity contribution in [3.05, 3.63) is 70.3 Å². The lowest BCUT2D eigenvalue weighted by atomic mass is 10.1. The van der Waals surface area contributed by atoms with E-state index in [1.807, 2.05) is 24.3 Å². The monoisotopic (exact) mass is 370 g/mol. The molecular weight excluding hydrogens is 352 g/mol. The zero-order valence-corrected chi connectivity index (χ0v) is 14.9. The molecule has 3 aromatic rings. The first kappa shape index (κ1) is 15.8. The van der Waals surface area contributed by atoms with Gasteiger partial charge in [0.2, 0.25) is 5.91 Å². The Labute approximate surface area is 144 Å². The number of hydrogen-bond acceptors (Lipinski definition) is 1. The molecule has 0 aliphatic carbocycles. The number of benzene rings is 2. The Morgan fingerprint density at radius 1 is 1.13 bits per heavy atom. The summed E-state index contributed by atoms with van der Waals surface area (Å²) in [6.07, 6.45) is 2.52. The highest BCUT2D eigenvalue weighted by molar-refractivity contribution is 9.10. The molecule has 0 aliphatic heterocycles. The average molecular weight is 371 g/mol. The van der Waals surface area contributed by atoms with Gasteiger partial charge in [-0.05, 0) is 29.3 Å². The number of fused-ring (bicyclic) bond motifs is 1. The second-order valence-corrected chi connectivity index (χ2v) is 6.81. The molecule has 3 nitrogen and oxygen atoms in total. The lowest BCUT2D eigenvalue weighted by molar-refractivity contribution is -0.127. The average Bonchev–Trinajstić information content (AvgIpc) is 2.85. The molecule has 118 valence electrons. The third-order valence-corrected chi connectivity index (χ3v) is 4.46. The molecule has 1 aromatic heterocycles. The SMILES string of the molecule is CN(C)C(=O)Cc1cn(Cc2ccccc2)c2ccc(Br)cc12. The van der Waals surface area contributed by atoms with Gasteiger partial charge >= 0.3 is 0 Å². The molecule has 0 unspecified atom stereocenters. The van der Waals surface area contributed by atoms with Crippen molar-refractivity contribution in [3.63, 3.8) is 0 Å². The van der Waals surface area contributed by atoms with Gasteiger partial charge in [-0.2, -0.15) is 0 Å². The number of amides is 1. The van der Waals surface area contributed by atoms with Crippen LogP contribution in [0.1, 0.15) is 11.1 Å². The van der Waals surface area contributed by atoms with Crippen LogP contribution in [0.15, 0.2) is 59.2 Å². The van der Waals surface area contributed by atoms with Gasteiger partial charge in [-0.25, -0.2) is 0 Å². The highest BCUT2D eigenvalue weighted by atomic mass is 79.9. The Bertz CT molecular complexity index is 837. The molecule has 23 heavy (non-hydrogen) atoms.